The number of aromatic hydroxyl groups is 2. The summed E-state index contributed by atoms with van der Waals surface area (Å²) >= 11 is 37.1. The fourth-order valence-electron chi connectivity index (χ4n) is 4.37. The van der Waals surface area contributed by atoms with Crippen molar-refractivity contribution in [2.24, 2.45) is 0 Å². The Balaban J connectivity index is 1.60. The quantitative estimate of drug-likeness (QED) is 0.168. The molecule has 0 aromatic heterocycles. The Morgan fingerprint density at radius 2 is 0.800 bits per heavy atom. The molecule has 0 saturated heterocycles. The van der Waals surface area contributed by atoms with E-state index in [9.17, 15) is 10.2 Å². The fourth-order valence-corrected chi connectivity index (χ4v) is 5.69. The van der Waals surface area contributed by atoms with Gasteiger partial charge in [0.1, 0.15) is 11.5 Å². The molecule has 0 saturated carbocycles. The van der Waals surface area contributed by atoms with E-state index in [2.05, 4.69) is 9.80 Å². The maximum Gasteiger partial charge on any atom is 0.138 e. The smallest absolute Gasteiger partial charge is 0.138 e. The van der Waals surface area contributed by atoms with Crippen LogP contribution in [-0.4, -0.2) is 33.1 Å². The number of benzene rings is 4. The topological polar surface area (TPSA) is 46.9 Å². The van der Waals surface area contributed by atoms with Crippen LogP contribution in [0.3, 0.4) is 0 Å². The van der Waals surface area contributed by atoms with Gasteiger partial charge in [-0.15, -0.1) is 0 Å². The Hall–Kier alpha value is -1.86. The largest absolute Gasteiger partial charge is 0.506 e. The average molecular weight is 659 g/mol. The van der Waals surface area contributed by atoms with Crippen molar-refractivity contribution in [1.82, 2.24) is 9.80 Å². The van der Waals surface area contributed by atoms with E-state index in [0.29, 0.717) is 70.5 Å². The highest BCUT2D eigenvalue weighted by Crippen LogP contribution is 2.34. The van der Waals surface area contributed by atoms with E-state index in [0.717, 1.165) is 11.1 Å². The van der Waals surface area contributed by atoms with Gasteiger partial charge < -0.3 is 10.2 Å². The van der Waals surface area contributed by atoms with Crippen molar-refractivity contribution in [3.05, 3.63) is 125 Å². The van der Waals surface area contributed by atoms with E-state index in [1.807, 2.05) is 48.5 Å². The second kappa shape index (κ2) is 14.4. The lowest BCUT2D eigenvalue weighted by Crippen LogP contribution is -2.34. The Kier molecular flexibility index (Phi) is 11.2. The lowest BCUT2D eigenvalue weighted by molar-refractivity contribution is 0.180. The van der Waals surface area contributed by atoms with Crippen molar-refractivity contribution in [2.75, 3.05) is 13.1 Å². The highest BCUT2D eigenvalue weighted by Gasteiger charge is 2.18. The van der Waals surface area contributed by atoms with Crippen LogP contribution in [-0.2, 0) is 26.2 Å². The van der Waals surface area contributed by atoms with Crippen LogP contribution in [0.4, 0.5) is 0 Å². The Morgan fingerprint density at radius 3 is 1.15 bits per heavy atom. The molecule has 210 valence electrons. The second-order valence-electron chi connectivity index (χ2n) is 9.46. The van der Waals surface area contributed by atoms with Crippen LogP contribution < -0.4 is 0 Å². The summed E-state index contributed by atoms with van der Waals surface area (Å²) in [7, 11) is 0. The summed E-state index contributed by atoms with van der Waals surface area (Å²) in [6.07, 6.45) is 0. The van der Waals surface area contributed by atoms with Crippen molar-refractivity contribution < 1.29 is 10.2 Å². The molecule has 0 amide bonds. The molecule has 0 aliphatic rings. The van der Waals surface area contributed by atoms with E-state index in [-0.39, 0.29) is 21.5 Å². The highest BCUT2D eigenvalue weighted by atomic mass is 35.5. The van der Waals surface area contributed by atoms with Gasteiger partial charge in [0.2, 0.25) is 0 Å². The lowest BCUT2D eigenvalue weighted by atomic mass is 10.1. The number of rotatable bonds is 11. The Labute approximate surface area is 264 Å². The molecular formula is C30H26Cl6N2O2. The fraction of sp³-hybridized carbons (Fsp3) is 0.200. The van der Waals surface area contributed by atoms with Gasteiger partial charge in [0.05, 0.1) is 10.0 Å². The Morgan fingerprint density at radius 1 is 0.450 bits per heavy atom. The zero-order valence-corrected chi connectivity index (χ0v) is 25.8. The lowest BCUT2D eigenvalue weighted by Gasteiger charge is -2.29. The van der Waals surface area contributed by atoms with Crippen LogP contribution in [0.15, 0.2) is 72.8 Å². The van der Waals surface area contributed by atoms with E-state index < -0.39 is 0 Å². The van der Waals surface area contributed by atoms with Gasteiger partial charge >= 0.3 is 0 Å². The monoisotopic (exact) mass is 656 g/mol. The predicted octanol–water partition coefficient (Wildman–Crippen LogP) is 9.72. The SMILES string of the molecule is Oc1c(Cl)cc(Cl)cc1CN(CCN(Cc1ccc(Cl)cc1)Cc1cc(Cl)cc(Cl)c1O)Cc1ccc(Cl)cc1. The summed E-state index contributed by atoms with van der Waals surface area (Å²) in [5.74, 6) is 0.00682. The molecule has 4 rings (SSSR count). The van der Waals surface area contributed by atoms with Crippen LogP contribution in [0.5, 0.6) is 11.5 Å². The molecule has 40 heavy (non-hydrogen) atoms. The normalized spacial score (nSPS) is 11.5. The predicted molar refractivity (Wildman–Crippen MR) is 167 cm³/mol. The van der Waals surface area contributed by atoms with Gasteiger partial charge in [-0.3, -0.25) is 9.80 Å². The van der Waals surface area contributed by atoms with Crippen LogP contribution in [0, 0.1) is 0 Å². The van der Waals surface area contributed by atoms with Crippen molar-refractivity contribution in [2.45, 2.75) is 26.2 Å². The average Bonchev–Trinajstić information content (AvgIpc) is 2.90. The van der Waals surface area contributed by atoms with Crippen molar-refractivity contribution in [3.8, 4) is 11.5 Å². The first kappa shape index (κ1) is 31.1. The molecule has 0 aliphatic heterocycles. The van der Waals surface area contributed by atoms with Crippen molar-refractivity contribution in [1.29, 1.82) is 0 Å². The molecule has 10 heteroatoms. The molecule has 4 nitrogen and oxygen atoms in total. The van der Waals surface area contributed by atoms with Crippen LogP contribution in [0.2, 0.25) is 30.1 Å². The first-order chi connectivity index (χ1) is 19.1. The molecule has 0 unspecified atom stereocenters. The highest BCUT2D eigenvalue weighted by molar-refractivity contribution is 6.36. The number of halogens is 6. The minimum absolute atomic E-state index is 0.00341. The standard InChI is InChI=1S/C30H26Cl6N2O2/c31-23-5-1-19(2-6-23)15-37(17-21-11-25(33)13-27(35)29(21)39)9-10-38(16-20-3-7-24(32)8-4-20)18-22-12-26(34)14-28(36)30(22)40/h1-8,11-14,39-40H,9-10,15-18H2. The van der Waals surface area contributed by atoms with Crippen molar-refractivity contribution in [3.63, 3.8) is 0 Å². The van der Waals surface area contributed by atoms with Gasteiger partial charge in [0, 0.05) is 70.5 Å². The molecule has 0 atom stereocenters. The van der Waals surface area contributed by atoms with E-state index in [4.69, 9.17) is 69.6 Å². The van der Waals surface area contributed by atoms with Gasteiger partial charge in [-0.25, -0.2) is 0 Å². The summed E-state index contributed by atoms with van der Waals surface area (Å²) in [4.78, 5) is 4.37. The molecule has 0 aliphatic carbocycles. The number of hydrogen-bond acceptors (Lipinski definition) is 4. The number of phenols is 2. The maximum absolute atomic E-state index is 10.6. The minimum atomic E-state index is 0.00341. The number of phenolic OH excluding ortho intramolecular Hbond substituents is 2. The minimum Gasteiger partial charge on any atom is -0.506 e. The molecule has 0 spiro atoms. The summed E-state index contributed by atoms with van der Waals surface area (Å²) < 4.78 is 0. The zero-order valence-electron chi connectivity index (χ0n) is 21.2. The third-order valence-electron chi connectivity index (χ3n) is 6.37. The molecule has 0 radical (unpaired) electrons. The van der Waals surface area contributed by atoms with E-state index >= 15 is 0 Å². The molecule has 0 fully saturated rings. The van der Waals surface area contributed by atoms with Gasteiger partial charge in [-0.2, -0.15) is 0 Å². The van der Waals surface area contributed by atoms with Gasteiger partial charge in [0.25, 0.3) is 0 Å². The van der Waals surface area contributed by atoms with E-state index in [1.165, 1.54) is 12.1 Å². The molecular weight excluding hydrogens is 633 g/mol. The second-order valence-corrected chi connectivity index (χ2v) is 12.0. The number of nitrogens with zero attached hydrogens (tertiary/aromatic N) is 2. The molecule has 0 bridgehead atoms. The summed E-state index contributed by atoms with van der Waals surface area (Å²) in [5.41, 5.74) is 3.35. The zero-order chi connectivity index (χ0) is 28.8. The first-order valence-corrected chi connectivity index (χ1v) is 14.6. The van der Waals surface area contributed by atoms with Crippen molar-refractivity contribution >= 4 is 69.6 Å². The molecule has 4 aromatic carbocycles. The maximum atomic E-state index is 10.6. The number of hydrogen-bond donors (Lipinski definition) is 2. The Bertz CT molecular complexity index is 1340. The summed E-state index contributed by atoms with van der Waals surface area (Å²) in [6.45, 7) is 3.19. The first-order valence-electron chi connectivity index (χ1n) is 12.3. The van der Waals surface area contributed by atoms with Gasteiger partial charge in [0.15, 0.2) is 0 Å². The molecule has 0 heterocycles. The summed E-state index contributed by atoms with van der Waals surface area (Å²) in [6, 6.07) is 21.7. The van der Waals surface area contributed by atoms with Gasteiger partial charge in [-0.05, 0) is 59.7 Å². The third-order valence-corrected chi connectivity index (χ3v) is 7.89. The molecule has 4 aromatic rings. The van der Waals surface area contributed by atoms with Crippen LogP contribution in [0.1, 0.15) is 22.3 Å². The van der Waals surface area contributed by atoms with Crippen LogP contribution >= 0.6 is 69.6 Å². The van der Waals surface area contributed by atoms with E-state index in [1.54, 1.807) is 12.1 Å². The van der Waals surface area contributed by atoms with Crippen LogP contribution in [0.25, 0.3) is 0 Å². The molecule has 2 N–H and O–H groups in total. The van der Waals surface area contributed by atoms with Gasteiger partial charge in [-0.1, -0.05) is 93.9 Å². The summed E-state index contributed by atoms with van der Waals surface area (Å²) in [5, 5.41) is 23.9. The third kappa shape index (κ3) is 8.82.